The summed E-state index contributed by atoms with van der Waals surface area (Å²) in [7, 11) is 3.04. The van der Waals surface area contributed by atoms with Crippen molar-refractivity contribution in [3.8, 4) is 17.2 Å². The number of hydrogen-bond donors (Lipinski definition) is 1. The Kier molecular flexibility index (Phi) is 4.61. The molecule has 0 aliphatic carbocycles. The molecule has 0 fully saturated rings. The van der Waals surface area contributed by atoms with E-state index in [1.165, 1.54) is 20.4 Å². The van der Waals surface area contributed by atoms with Gasteiger partial charge in [-0.15, -0.1) is 0 Å². The number of aromatic carboxylic acids is 1. The smallest absolute Gasteiger partial charge is 0.354 e. The molecule has 1 aromatic carbocycles. The molecule has 0 aliphatic heterocycles. The molecular formula is C15H15NO5. The summed E-state index contributed by atoms with van der Waals surface area (Å²) in [4.78, 5) is 14.9. The summed E-state index contributed by atoms with van der Waals surface area (Å²) in [6, 6.07) is 8.55. The molecule has 0 spiro atoms. The number of rotatable bonds is 6. The minimum absolute atomic E-state index is 0.0358. The van der Waals surface area contributed by atoms with Crippen LogP contribution in [0.15, 0.2) is 36.5 Å². The van der Waals surface area contributed by atoms with Gasteiger partial charge in [0, 0.05) is 11.8 Å². The van der Waals surface area contributed by atoms with Gasteiger partial charge in [0.15, 0.2) is 17.2 Å². The van der Waals surface area contributed by atoms with Gasteiger partial charge in [-0.05, 0) is 18.2 Å². The third-order valence-electron chi connectivity index (χ3n) is 2.85. The Morgan fingerprint density at radius 3 is 2.38 bits per heavy atom. The van der Waals surface area contributed by atoms with Crippen molar-refractivity contribution in [2.75, 3.05) is 14.2 Å². The van der Waals surface area contributed by atoms with Crippen molar-refractivity contribution < 1.29 is 24.1 Å². The summed E-state index contributed by atoms with van der Waals surface area (Å²) in [5.74, 6) is 0.342. The van der Waals surface area contributed by atoms with E-state index in [0.29, 0.717) is 22.8 Å². The van der Waals surface area contributed by atoms with Crippen molar-refractivity contribution in [3.63, 3.8) is 0 Å². The SMILES string of the molecule is COc1cccc(OC)c1OCc1cccnc1C(=O)O. The van der Waals surface area contributed by atoms with Gasteiger partial charge in [-0.25, -0.2) is 9.78 Å². The van der Waals surface area contributed by atoms with E-state index in [0.717, 1.165) is 0 Å². The van der Waals surface area contributed by atoms with Crippen LogP contribution in [-0.2, 0) is 6.61 Å². The minimum Gasteiger partial charge on any atom is -0.493 e. The van der Waals surface area contributed by atoms with E-state index in [2.05, 4.69) is 4.98 Å². The predicted molar refractivity (Wildman–Crippen MR) is 75.1 cm³/mol. The van der Waals surface area contributed by atoms with E-state index in [1.54, 1.807) is 30.3 Å². The van der Waals surface area contributed by atoms with E-state index in [-0.39, 0.29) is 12.3 Å². The van der Waals surface area contributed by atoms with Crippen LogP contribution in [0.1, 0.15) is 16.1 Å². The van der Waals surface area contributed by atoms with Gasteiger partial charge in [-0.2, -0.15) is 0 Å². The van der Waals surface area contributed by atoms with Crippen molar-refractivity contribution in [3.05, 3.63) is 47.8 Å². The van der Waals surface area contributed by atoms with Gasteiger partial charge in [-0.1, -0.05) is 12.1 Å². The van der Waals surface area contributed by atoms with Gasteiger partial charge in [0.25, 0.3) is 0 Å². The third-order valence-corrected chi connectivity index (χ3v) is 2.85. The Balaban J connectivity index is 2.26. The zero-order valence-electron chi connectivity index (χ0n) is 11.7. The predicted octanol–water partition coefficient (Wildman–Crippen LogP) is 2.38. The Morgan fingerprint density at radius 2 is 1.81 bits per heavy atom. The highest BCUT2D eigenvalue weighted by Gasteiger charge is 2.15. The molecule has 0 aliphatic rings. The fourth-order valence-corrected chi connectivity index (χ4v) is 1.86. The van der Waals surface area contributed by atoms with Crippen molar-refractivity contribution in [2.24, 2.45) is 0 Å². The Labute approximate surface area is 121 Å². The second-order valence-electron chi connectivity index (χ2n) is 4.10. The number of benzene rings is 1. The monoisotopic (exact) mass is 289 g/mol. The Bertz CT molecular complexity index is 619. The molecule has 110 valence electrons. The van der Waals surface area contributed by atoms with Crippen molar-refractivity contribution >= 4 is 5.97 Å². The highest BCUT2D eigenvalue weighted by Crippen LogP contribution is 2.37. The summed E-state index contributed by atoms with van der Waals surface area (Å²) < 4.78 is 16.1. The summed E-state index contributed by atoms with van der Waals surface area (Å²) in [5.41, 5.74) is 0.435. The largest absolute Gasteiger partial charge is 0.493 e. The fourth-order valence-electron chi connectivity index (χ4n) is 1.86. The summed E-state index contributed by atoms with van der Waals surface area (Å²) in [6.07, 6.45) is 1.43. The molecule has 1 aromatic heterocycles. The molecule has 0 bridgehead atoms. The molecule has 0 saturated heterocycles. The molecule has 2 aromatic rings. The zero-order valence-corrected chi connectivity index (χ0v) is 11.7. The van der Waals surface area contributed by atoms with E-state index in [4.69, 9.17) is 19.3 Å². The number of carboxylic acids is 1. The van der Waals surface area contributed by atoms with Crippen LogP contribution in [0, 0.1) is 0 Å². The first-order valence-electron chi connectivity index (χ1n) is 6.18. The van der Waals surface area contributed by atoms with Crippen LogP contribution in [0.2, 0.25) is 0 Å². The van der Waals surface area contributed by atoms with Crippen molar-refractivity contribution in [2.45, 2.75) is 6.61 Å². The summed E-state index contributed by atoms with van der Waals surface area (Å²) in [6.45, 7) is 0.0478. The number of pyridine rings is 1. The van der Waals surface area contributed by atoms with Crippen LogP contribution in [-0.4, -0.2) is 30.3 Å². The van der Waals surface area contributed by atoms with Gasteiger partial charge in [0.1, 0.15) is 6.61 Å². The van der Waals surface area contributed by atoms with Gasteiger partial charge < -0.3 is 19.3 Å². The quantitative estimate of drug-likeness (QED) is 0.879. The van der Waals surface area contributed by atoms with Crippen LogP contribution < -0.4 is 14.2 Å². The number of carboxylic acid groups (broad SMARTS) is 1. The Hall–Kier alpha value is -2.76. The van der Waals surface area contributed by atoms with E-state index in [9.17, 15) is 4.79 Å². The van der Waals surface area contributed by atoms with E-state index < -0.39 is 5.97 Å². The number of aromatic nitrogens is 1. The van der Waals surface area contributed by atoms with Gasteiger partial charge in [-0.3, -0.25) is 0 Å². The molecule has 0 saturated carbocycles. The lowest BCUT2D eigenvalue weighted by molar-refractivity contribution is 0.0687. The molecule has 1 N–H and O–H groups in total. The lowest BCUT2D eigenvalue weighted by Crippen LogP contribution is -2.08. The summed E-state index contributed by atoms with van der Waals surface area (Å²) in [5, 5.41) is 9.10. The van der Waals surface area contributed by atoms with E-state index >= 15 is 0 Å². The molecule has 2 rings (SSSR count). The lowest BCUT2D eigenvalue weighted by atomic mass is 10.2. The first kappa shape index (κ1) is 14.6. The number of ether oxygens (including phenoxy) is 3. The molecule has 6 heteroatoms. The molecule has 6 nitrogen and oxygen atoms in total. The van der Waals surface area contributed by atoms with E-state index in [1.807, 2.05) is 0 Å². The highest BCUT2D eigenvalue weighted by atomic mass is 16.5. The molecule has 0 amide bonds. The lowest BCUT2D eigenvalue weighted by Gasteiger charge is -2.14. The first-order chi connectivity index (χ1) is 10.2. The molecule has 0 radical (unpaired) electrons. The number of methoxy groups -OCH3 is 2. The van der Waals surface area contributed by atoms with Crippen molar-refractivity contribution in [1.29, 1.82) is 0 Å². The maximum Gasteiger partial charge on any atom is 0.354 e. The average molecular weight is 289 g/mol. The third kappa shape index (κ3) is 3.22. The first-order valence-corrected chi connectivity index (χ1v) is 6.18. The van der Waals surface area contributed by atoms with Crippen LogP contribution in [0.25, 0.3) is 0 Å². The molecule has 1 heterocycles. The van der Waals surface area contributed by atoms with Gasteiger partial charge in [0.2, 0.25) is 5.75 Å². The number of hydrogen-bond acceptors (Lipinski definition) is 5. The maximum atomic E-state index is 11.1. The number of carbonyl (C=O) groups is 1. The molecule has 0 unspecified atom stereocenters. The topological polar surface area (TPSA) is 77.9 Å². The summed E-state index contributed by atoms with van der Waals surface area (Å²) >= 11 is 0. The molecule has 0 atom stereocenters. The van der Waals surface area contributed by atoms with Crippen LogP contribution >= 0.6 is 0 Å². The van der Waals surface area contributed by atoms with Gasteiger partial charge in [0.05, 0.1) is 14.2 Å². The van der Waals surface area contributed by atoms with Crippen LogP contribution in [0.3, 0.4) is 0 Å². The number of nitrogens with zero attached hydrogens (tertiary/aromatic N) is 1. The Morgan fingerprint density at radius 1 is 1.14 bits per heavy atom. The van der Waals surface area contributed by atoms with Crippen molar-refractivity contribution in [1.82, 2.24) is 4.98 Å². The fraction of sp³-hybridized carbons (Fsp3) is 0.200. The average Bonchev–Trinajstić information content (AvgIpc) is 2.52. The highest BCUT2D eigenvalue weighted by molar-refractivity contribution is 5.86. The maximum absolute atomic E-state index is 11.1. The second-order valence-corrected chi connectivity index (χ2v) is 4.10. The second kappa shape index (κ2) is 6.60. The normalized spacial score (nSPS) is 10.0. The minimum atomic E-state index is -1.10. The van der Waals surface area contributed by atoms with Crippen LogP contribution in [0.4, 0.5) is 0 Å². The molecule has 21 heavy (non-hydrogen) atoms. The van der Waals surface area contributed by atoms with Gasteiger partial charge >= 0.3 is 5.97 Å². The van der Waals surface area contributed by atoms with Crippen LogP contribution in [0.5, 0.6) is 17.2 Å². The number of para-hydroxylation sites is 1. The standard InChI is InChI=1S/C15H15NO5/c1-19-11-6-3-7-12(20-2)14(11)21-9-10-5-4-8-16-13(10)15(17)18/h3-8H,9H2,1-2H3,(H,17,18). The molecular weight excluding hydrogens is 274 g/mol. The zero-order chi connectivity index (χ0) is 15.2.